The first-order valence-corrected chi connectivity index (χ1v) is 6.37. The van der Waals surface area contributed by atoms with Gasteiger partial charge in [-0.05, 0) is 17.5 Å². The van der Waals surface area contributed by atoms with Gasteiger partial charge in [0.05, 0.1) is 12.6 Å². The minimum Gasteiger partial charge on any atom is -0.394 e. The van der Waals surface area contributed by atoms with Crippen molar-refractivity contribution in [2.45, 2.75) is 32.4 Å². The number of anilines is 1. The average molecular weight is 248 g/mol. The van der Waals surface area contributed by atoms with Crippen LogP contribution in [0.15, 0.2) is 24.3 Å². The van der Waals surface area contributed by atoms with E-state index in [1.807, 2.05) is 38.1 Å². The maximum atomic E-state index is 12.1. The number of para-hydroxylation sites is 1. The molecule has 0 spiro atoms. The molecule has 4 heteroatoms. The Morgan fingerprint density at radius 1 is 1.50 bits per heavy atom. The summed E-state index contributed by atoms with van der Waals surface area (Å²) in [5.74, 6) is 0.182. The van der Waals surface area contributed by atoms with E-state index in [1.165, 1.54) is 5.56 Å². The smallest absolute Gasteiger partial charge is 0.243 e. The monoisotopic (exact) mass is 248 g/mol. The number of benzene rings is 1. The van der Waals surface area contributed by atoms with Crippen molar-refractivity contribution < 1.29 is 9.90 Å². The number of hydrogen-bond acceptors (Lipinski definition) is 3. The van der Waals surface area contributed by atoms with Gasteiger partial charge < -0.3 is 15.7 Å². The van der Waals surface area contributed by atoms with Crippen LogP contribution in [0, 0.1) is 5.92 Å². The molecule has 0 aromatic heterocycles. The highest BCUT2D eigenvalue weighted by molar-refractivity contribution is 5.87. The molecule has 18 heavy (non-hydrogen) atoms. The number of fused-ring (bicyclic) bond motifs is 1. The van der Waals surface area contributed by atoms with Crippen LogP contribution in [0.4, 0.5) is 5.69 Å². The fourth-order valence-corrected chi connectivity index (χ4v) is 2.16. The molecule has 0 saturated carbocycles. The number of aliphatic hydroxyl groups is 1. The van der Waals surface area contributed by atoms with Gasteiger partial charge in [0, 0.05) is 12.1 Å². The molecule has 4 nitrogen and oxygen atoms in total. The van der Waals surface area contributed by atoms with Crippen LogP contribution in [0.5, 0.6) is 0 Å². The van der Waals surface area contributed by atoms with Gasteiger partial charge in [-0.2, -0.15) is 0 Å². The Labute approximate surface area is 107 Å². The summed E-state index contributed by atoms with van der Waals surface area (Å²) in [7, 11) is 0. The van der Waals surface area contributed by atoms with E-state index in [-0.39, 0.29) is 30.5 Å². The van der Waals surface area contributed by atoms with Crippen molar-refractivity contribution >= 4 is 11.6 Å². The normalized spacial score (nSPS) is 19.2. The van der Waals surface area contributed by atoms with E-state index in [0.29, 0.717) is 6.42 Å². The van der Waals surface area contributed by atoms with Gasteiger partial charge in [-0.3, -0.25) is 4.79 Å². The number of aliphatic hydroxyl groups excluding tert-OH is 1. The van der Waals surface area contributed by atoms with Crippen molar-refractivity contribution in [3.63, 3.8) is 0 Å². The Morgan fingerprint density at radius 3 is 2.83 bits per heavy atom. The van der Waals surface area contributed by atoms with E-state index in [1.54, 1.807) is 0 Å². The molecule has 98 valence electrons. The molecule has 1 heterocycles. The maximum Gasteiger partial charge on any atom is 0.243 e. The van der Waals surface area contributed by atoms with E-state index in [0.717, 1.165) is 5.69 Å². The average Bonchev–Trinajstić information content (AvgIpc) is 2.79. The van der Waals surface area contributed by atoms with Crippen molar-refractivity contribution in [1.82, 2.24) is 5.32 Å². The van der Waals surface area contributed by atoms with Gasteiger partial charge in [-0.1, -0.05) is 32.0 Å². The molecule has 1 aromatic rings. The third kappa shape index (κ3) is 2.64. The SMILES string of the molecule is CC(C)[C@@H](CO)NC(=O)C1Cc2ccccc2N1. The number of carbonyl (C=O) groups excluding carboxylic acids is 1. The van der Waals surface area contributed by atoms with Gasteiger partial charge in [0.1, 0.15) is 6.04 Å². The Kier molecular flexibility index (Phi) is 3.87. The first-order valence-electron chi connectivity index (χ1n) is 6.37. The minimum atomic E-state index is -0.227. The highest BCUT2D eigenvalue weighted by atomic mass is 16.3. The van der Waals surface area contributed by atoms with Crippen molar-refractivity contribution in [3.05, 3.63) is 29.8 Å². The molecule has 1 aromatic carbocycles. The third-order valence-corrected chi connectivity index (χ3v) is 3.42. The summed E-state index contributed by atoms with van der Waals surface area (Å²) in [5.41, 5.74) is 2.20. The maximum absolute atomic E-state index is 12.1. The second kappa shape index (κ2) is 5.40. The molecule has 0 radical (unpaired) electrons. The van der Waals surface area contributed by atoms with Crippen LogP contribution >= 0.6 is 0 Å². The zero-order valence-corrected chi connectivity index (χ0v) is 10.8. The predicted octanol–water partition coefficient (Wildman–Crippen LogP) is 1.16. The standard InChI is InChI=1S/C14H20N2O2/c1-9(2)13(8-17)16-14(18)12-7-10-5-3-4-6-11(10)15-12/h3-6,9,12-13,15,17H,7-8H2,1-2H3,(H,16,18)/t12?,13-/m1/s1. The van der Waals surface area contributed by atoms with E-state index >= 15 is 0 Å². The topological polar surface area (TPSA) is 61.4 Å². The van der Waals surface area contributed by atoms with Crippen LogP contribution in [0.25, 0.3) is 0 Å². The van der Waals surface area contributed by atoms with Crippen LogP contribution in [0.1, 0.15) is 19.4 Å². The second-order valence-corrected chi connectivity index (χ2v) is 5.10. The summed E-state index contributed by atoms with van der Waals surface area (Å²) in [6.45, 7) is 3.94. The molecule has 1 amide bonds. The molecule has 1 unspecified atom stereocenters. The van der Waals surface area contributed by atoms with Crippen LogP contribution < -0.4 is 10.6 Å². The Morgan fingerprint density at radius 2 is 2.22 bits per heavy atom. The largest absolute Gasteiger partial charge is 0.394 e. The lowest BCUT2D eigenvalue weighted by molar-refractivity contribution is -0.123. The Balaban J connectivity index is 1.97. The number of amides is 1. The van der Waals surface area contributed by atoms with Crippen LogP contribution in [-0.4, -0.2) is 29.7 Å². The highest BCUT2D eigenvalue weighted by Crippen LogP contribution is 2.25. The van der Waals surface area contributed by atoms with Crippen molar-refractivity contribution in [2.24, 2.45) is 5.92 Å². The summed E-state index contributed by atoms with van der Waals surface area (Å²) in [4.78, 5) is 12.1. The first-order chi connectivity index (χ1) is 8.61. The fraction of sp³-hybridized carbons (Fsp3) is 0.500. The van der Waals surface area contributed by atoms with Gasteiger partial charge in [-0.15, -0.1) is 0 Å². The third-order valence-electron chi connectivity index (χ3n) is 3.42. The molecule has 1 aliphatic rings. The van der Waals surface area contributed by atoms with Crippen molar-refractivity contribution in [1.29, 1.82) is 0 Å². The first kappa shape index (κ1) is 12.9. The zero-order valence-electron chi connectivity index (χ0n) is 10.8. The lowest BCUT2D eigenvalue weighted by atomic mass is 10.0. The van der Waals surface area contributed by atoms with E-state index in [4.69, 9.17) is 0 Å². The lowest BCUT2D eigenvalue weighted by Gasteiger charge is -2.22. The zero-order chi connectivity index (χ0) is 13.1. The highest BCUT2D eigenvalue weighted by Gasteiger charge is 2.28. The quantitative estimate of drug-likeness (QED) is 0.749. The second-order valence-electron chi connectivity index (χ2n) is 5.10. The number of rotatable bonds is 4. The summed E-state index contributed by atoms with van der Waals surface area (Å²) in [6.07, 6.45) is 0.707. The van der Waals surface area contributed by atoms with Crippen molar-refractivity contribution in [2.75, 3.05) is 11.9 Å². The minimum absolute atomic E-state index is 0.0247. The molecular weight excluding hydrogens is 228 g/mol. The Bertz CT molecular complexity index is 407. The number of hydrogen-bond donors (Lipinski definition) is 3. The molecule has 0 fully saturated rings. The van der Waals surface area contributed by atoms with Gasteiger partial charge in [-0.25, -0.2) is 0 Å². The van der Waals surface area contributed by atoms with Crippen molar-refractivity contribution in [3.8, 4) is 0 Å². The molecule has 2 rings (SSSR count). The van der Waals surface area contributed by atoms with E-state index < -0.39 is 0 Å². The van der Waals surface area contributed by atoms with Gasteiger partial charge in [0.25, 0.3) is 0 Å². The van der Waals surface area contributed by atoms with E-state index in [2.05, 4.69) is 10.6 Å². The molecule has 2 atom stereocenters. The van der Waals surface area contributed by atoms with Crippen LogP contribution in [-0.2, 0) is 11.2 Å². The summed E-state index contributed by atoms with van der Waals surface area (Å²) >= 11 is 0. The lowest BCUT2D eigenvalue weighted by Crippen LogP contribution is -2.47. The van der Waals surface area contributed by atoms with Gasteiger partial charge in [0.2, 0.25) is 5.91 Å². The van der Waals surface area contributed by atoms with Crippen LogP contribution in [0.2, 0.25) is 0 Å². The summed E-state index contributed by atoms with van der Waals surface area (Å²) < 4.78 is 0. The molecule has 3 N–H and O–H groups in total. The van der Waals surface area contributed by atoms with Gasteiger partial charge >= 0.3 is 0 Å². The number of carbonyl (C=O) groups is 1. The molecule has 0 aliphatic carbocycles. The fourth-order valence-electron chi connectivity index (χ4n) is 2.16. The molecule has 0 bridgehead atoms. The predicted molar refractivity (Wildman–Crippen MR) is 71.4 cm³/mol. The van der Waals surface area contributed by atoms with Gasteiger partial charge in [0.15, 0.2) is 0 Å². The number of nitrogens with one attached hydrogen (secondary N) is 2. The van der Waals surface area contributed by atoms with Crippen LogP contribution in [0.3, 0.4) is 0 Å². The molecule has 0 saturated heterocycles. The van der Waals surface area contributed by atoms with E-state index in [9.17, 15) is 9.90 Å². The molecular formula is C14H20N2O2. The summed E-state index contributed by atoms with van der Waals surface area (Å²) in [5, 5.41) is 15.3. The molecule has 1 aliphatic heterocycles. The summed E-state index contributed by atoms with van der Waals surface area (Å²) in [6, 6.07) is 7.54. The Hall–Kier alpha value is -1.55.